The van der Waals surface area contributed by atoms with Crippen molar-refractivity contribution < 1.29 is 4.79 Å². The number of isocyanates is 1. The zero-order valence-corrected chi connectivity index (χ0v) is 9.58. The first kappa shape index (κ1) is 11.9. The van der Waals surface area contributed by atoms with E-state index in [9.17, 15) is 4.79 Å². The predicted octanol–water partition coefficient (Wildman–Crippen LogP) is 2.24. The first-order chi connectivity index (χ1) is 7.13. The minimum Gasteiger partial charge on any atom is -0.305 e. The maximum absolute atomic E-state index is 9.94. The molecular formula is C11H13ClN2O. The molecule has 0 radical (unpaired) electrons. The van der Waals surface area contributed by atoms with Gasteiger partial charge in [-0.2, -0.15) is 0 Å². The molecule has 4 heteroatoms. The van der Waals surface area contributed by atoms with Gasteiger partial charge in [-0.25, -0.2) is 9.79 Å². The molecule has 0 bridgehead atoms. The lowest BCUT2D eigenvalue weighted by molar-refractivity contribution is 0.402. The summed E-state index contributed by atoms with van der Waals surface area (Å²) in [5, 5.41) is 0.710. The van der Waals surface area contributed by atoms with Crippen LogP contribution in [0, 0.1) is 0 Å². The SMILES string of the molecule is CN(C)Cc1ccc(CN=C=O)cc1Cl. The number of aliphatic imine (C=N–C) groups is 1. The Bertz CT molecular complexity index is 384. The Morgan fingerprint density at radius 2 is 2.20 bits per heavy atom. The summed E-state index contributed by atoms with van der Waals surface area (Å²) in [4.78, 5) is 15.5. The number of benzene rings is 1. The van der Waals surface area contributed by atoms with Gasteiger partial charge >= 0.3 is 0 Å². The van der Waals surface area contributed by atoms with Crippen LogP contribution < -0.4 is 0 Å². The van der Waals surface area contributed by atoms with Crippen LogP contribution in [0.3, 0.4) is 0 Å². The van der Waals surface area contributed by atoms with E-state index in [1.54, 1.807) is 0 Å². The molecule has 1 rings (SSSR count). The summed E-state index contributed by atoms with van der Waals surface area (Å²) >= 11 is 6.09. The number of halogens is 1. The molecule has 1 aromatic carbocycles. The topological polar surface area (TPSA) is 32.7 Å². The fourth-order valence-corrected chi connectivity index (χ4v) is 1.54. The summed E-state index contributed by atoms with van der Waals surface area (Å²) in [5.74, 6) is 0. The van der Waals surface area contributed by atoms with E-state index >= 15 is 0 Å². The molecule has 0 aliphatic rings. The van der Waals surface area contributed by atoms with Crippen LogP contribution in [0.4, 0.5) is 0 Å². The van der Waals surface area contributed by atoms with Crippen LogP contribution >= 0.6 is 11.6 Å². The summed E-state index contributed by atoms with van der Waals surface area (Å²) in [6, 6.07) is 5.71. The van der Waals surface area contributed by atoms with Crippen molar-refractivity contribution in [3.63, 3.8) is 0 Å². The van der Waals surface area contributed by atoms with Crippen LogP contribution in [0.1, 0.15) is 11.1 Å². The van der Waals surface area contributed by atoms with Gasteiger partial charge in [0.1, 0.15) is 0 Å². The van der Waals surface area contributed by atoms with Gasteiger partial charge in [-0.1, -0.05) is 23.7 Å². The highest BCUT2D eigenvalue weighted by Crippen LogP contribution is 2.19. The molecule has 0 heterocycles. The standard InChI is InChI=1S/C11H13ClN2O/c1-14(2)7-10-4-3-9(5-11(10)12)6-13-8-15/h3-5H,6-7H2,1-2H3. The molecule has 3 nitrogen and oxygen atoms in total. The van der Waals surface area contributed by atoms with Gasteiger partial charge in [0, 0.05) is 11.6 Å². The van der Waals surface area contributed by atoms with Gasteiger partial charge in [0.15, 0.2) is 0 Å². The van der Waals surface area contributed by atoms with Gasteiger partial charge in [0.05, 0.1) is 6.54 Å². The third-order valence-electron chi connectivity index (χ3n) is 1.93. The van der Waals surface area contributed by atoms with Crippen LogP contribution in [-0.2, 0) is 17.9 Å². The molecular weight excluding hydrogens is 212 g/mol. The maximum Gasteiger partial charge on any atom is 0.235 e. The van der Waals surface area contributed by atoms with Crippen molar-refractivity contribution in [3.05, 3.63) is 34.3 Å². The zero-order chi connectivity index (χ0) is 11.3. The van der Waals surface area contributed by atoms with E-state index in [-0.39, 0.29) is 0 Å². The second kappa shape index (κ2) is 5.66. The molecule has 0 spiro atoms. The fourth-order valence-electron chi connectivity index (χ4n) is 1.28. The molecule has 0 aliphatic heterocycles. The Labute approximate surface area is 94.4 Å². The number of rotatable bonds is 4. The lowest BCUT2D eigenvalue weighted by atomic mass is 10.1. The maximum atomic E-state index is 9.94. The van der Waals surface area contributed by atoms with Crippen LogP contribution in [0.25, 0.3) is 0 Å². The minimum atomic E-state index is 0.339. The lowest BCUT2D eigenvalue weighted by Gasteiger charge is -2.11. The van der Waals surface area contributed by atoms with Gasteiger partial charge in [-0.3, -0.25) is 0 Å². The van der Waals surface area contributed by atoms with Crippen molar-refractivity contribution in [1.29, 1.82) is 0 Å². The Hall–Kier alpha value is -1.15. The monoisotopic (exact) mass is 224 g/mol. The first-order valence-corrected chi connectivity index (χ1v) is 4.97. The molecule has 0 aromatic heterocycles. The van der Waals surface area contributed by atoms with Gasteiger partial charge in [0.2, 0.25) is 6.08 Å². The van der Waals surface area contributed by atoms with Gasteiger partial charge in [0.25, 0.3) is 0 Å². The van der Waals surface area contributed by atoms with E-state index in [0.717, 1.165) is 17.7 Å². The normalized spacial score (nSPS) is 10.1. The molecule has 80 valence electrons. The largest absolute Gasteiger partial charge is 0.305 e. The summed E-state index contributed by atoms with van der Waals surface area (Å²) < 4.78 is 0. The molecule has 0 atom stereocenters. The van der Waals surface area contributed by atoms with Crippen molar-refractivity contribution in [1.82, 2.24) is 4.90 Å². The summed E-state index contributed by atoms with van der Waals surface area (Å²) in [5.41, 5.74) is 1.99. The van der Waals surface area contributed by atoms with E-state index in [4.69, 9.17) is 11.6 Å². The van der Waals surface area contributed by atoms with Crippen LogP contribution in [-0.4, -0.2) is 25.1 Å². The highest BCUT2D eigenvalue weighted by atomic mass is 35.5. The van der Waals surface area contributed by atoms with Crippen LogP contribution in [0.2, 0.25) is 5.02 Å². The van der Waals surface area contributed by atoms with E-state index in [1.807, 2.05) is 37.2 Å². The van der Waals surface area contributed by atoms with Crippen molar-refractivity contribution in [2.24, 2.45) is 4.99 Å². The second-order valence-corrected chi connectivity index (χ2v) is 3.98. The highest BCUT2D eigenvalue weighted by molar-refractivity contribution is 6.31. The van der Waals surface area contributed by atoms with Crippen LogP contribution in [0.5, 0.6) is 0 Å². The highest BCUT2D eigenvalue weighted by Gasteiger charge is 2.02. The average molecular weight is 225 g/mol. The van der Waals surface area contributed by atoms with Crippen molar-refractivity contribution >= 4 is 17.7 Å². The van der Waals surface area contributed by atoms with E-state index in [1.165, 1.54) is 6.08 Å². The van der Waals surface area contributed by atoms with E-state index in [2.05, 4.69) is 4.99 Å². The van der Waals surface area contributed by atoms with Crippen molar-refractivity contribution in [2.45, 2.75) is 13.1 Å². The lowest BCUT2D eigenvalue weighted by Crippen LogP contribution is -2.11. The Balaban J connectivity index is 2.82. The molecule has 0 fully saturated rings. The van der Waals surface area contributed by atoms with Crippen LogP contribution in [0.15, 0.2) is 23.2 Å². The fraction of sp³-hybridized carbons (Fsp3) is 0.364. The molecule has 0 aliphatic carbocycles. The van der Waals surface area contributed by atoms with E-state index < -0.39 is 0 Å². The van der Waals surface area contributed by atoms with Crippen molar-refractivity contribution in [3.8, 4) is 0 Å². The third-order valence-corrected chi connectivity index (χ3v) is 2.28. The number of nitrogens with zero attached hydrogens (tertiary/aromatic N) is 2. The zero-order valence-electron chi connectivity index (χ0n) is 8.83. The summed E-state index contributed by atoms with van der Waals surface area (Å²) in [6.45, 7) is 1.14. The Morgan fingerprint density at radius 3 is 2.73 bits per heavy atom. The Kier molecular flexibility index (Phi) is 4.50. The smallest absolute Gasteiger partial charge is 0.235 e. The predicted molar refractivity (Wildman–Crippen MR) is 60.7 cm³/mol. The van der Waals surface area contributed by atoms with Gasteiger partial charge < -0.3 is 4.90 Å². The molecule has 0 amide bonds. The quantitative estimate of drug-likeness (QED) is 0.581. The van der Waals surface area contributed by atoms with E-state index in [0.29, 0.717) is 11.6 Å². The molecule has 0 unspecified atom stereocenters. The number of carbonyl (C=O) groups excluding carboxylic acids is 1. The summed E-state index contributed by atoms with van der Waals surface area (Å²) in [7, 11) is 3.97. The first-order valence-electron chi connectivity index (χ1n) is 4.59. The Morgan fingerprint density at radius 1 is 1.47 bits per heavy atom. The second-order valence-electron chi connectivity index (χ2n) is 3.57. The average Bonchev–Trinajstić information content (AvgIpc) is 2.18. The molecule has 0 saturated heterocycles. The third kappa shape index (κ3) is 3.84. The molecule has 1 aromatic rings. The molecule has 15 heavy (non-hydrogen) atoms. The van der Waals surface area contributed by atoms with Crippen molar-refractivity contribution in [2.75, 3.05) is 14.1 Å². The molecule has 0 N–H and O–H groups in total. The number of hydrogen-bond donors (Lipinski definition) is 0. The number of hydrogen-bond acceptors (Lipinski definition) is 3. The summed E-state index contributed by atoms with van der Waals surface area (Å²) in [6.07, 6.45) is 1.51. The van der Waals surface area contributed by atoms with Gasteiger partial charge in [-0.15, -0.1) is 0 Å². The minimum absolute atomic E-state index is 0.339. The van der Waals surface area contributed by atoms with Gasteiger partial charge in [-0.05, 0) is 31.3 Å². The molecule has 0 saturated carbocycles.